The molecule has 2 aromatic heterocycles. The third kappa shape index (κ3) is 4.16. The van der Waals surface area contributed by atoms with Gasteiger partial charge in [0.1, 0.15) is 30.0 Å². The molecule has 0 aliphatic carbocycles. The van der Waals surface area contributed by atoms with Crippen LogP contribution >= 0.6 is 0 Å². The number of methoxy groups -OCH3 is 1. The van der Waals surface area contributed by atoms with Crippen molar-refractivity contribution >= 4 is 17.0 Å². The monoisotopic (exact) mass is 344 g/mol. The van der Waals surface area contributed by atoms with Crippen LogP contribution in [-0.2, 0) is 0 Å². The second-order valence-corrected chi connectivity index (χ2v) is 5.53. The zero-order valence-electron chi connectivity index (χ0n) is 14.3. The lowest BCUT2D eigenvalue weighted by molar-refractivity contribution is 0.117. The molecule has 0 fully saturated rings. The number of ether oxygens (including phenoxy) is 2. The standard InChI is InChI=1S/C17H20N4O4/c1-10-19-16(15-17(20-10)25-11(2)21-15)18-8-12(22)9-24-14-6-4-5-13(7-14)23-3/h4-7,12,22H,8-9H2,1-3H3,(H,18,19,20)/t12-/m1/s1. The predicted molar refractivity (Wildman–Crippen MR) is 92.1 cm³/mol. The fourth-order valence-electron chi connectivity index (χ4n) is 2.31. The maximum Gasteiger partial charge on any atom is 0.252 e. The second-order valence-electron chi connectivity index (χ2n) is 5.53. The number of oxazole rings is 1. The summed E-state index contributed by atoms with van der Waals surface area (Å²) in [6.45, 7) is 3.90. The molecule has 0 aliphatic rings. The highest BCUT2D eigenvalue weighted by Crippen LogP contribution is 2.21. The van der Waals surface area contributed by atoms with Gasteiger partial charge in [-0.25, -0.2) is 9.97 Å². The van der Waals surface area contributed by atoms with Crippen molar-refractivity contribution in [2.45, 2.75) is 20.0 Å². The number of nitrogens with zero attached hydrogens (tertiary/aromatic N) is 3. The van der Waals surface area contributed by atoms with Crippen molar-refractivity contribution in [3.8, 4) is 11.5 Å². The van der Waals surface area contributed by atoms with Gasteiger partial charge in [-0.15, -0.1) is 0 Å². The molecule has 2 heterocycles. The van der Waals surface area contributed by atoms with E-state index < -0.39 is 6.10 Å². The summed E-state index contributed by atoms with van der Waals surface area (Å²) in [7, 11) is 1.59. The van der Waals surface area contributed by atoms with Gasteiger partial charge < -0.3 is 24.3 Å². The SMILES string of the molecule is COc1cccc(OC[C@H](O)CNc2nc(C)nc3oc(C)nc23)c1. The van der Waals surface area contributed by atoms with E-state index >= 15 is 0 Å². The van der Waals surface area contributed by atoms with Crippen molar-refractivity contribution in [1.29, 1.82) is 0 Å². The Morgan fingerprint density at radius 2 is 2.00 bits per heavy atom. The smallest absolute Gasteiger partial charge is 0.252 e. The lowest BCUT2D eigenvalue weighted by Gasteiger charge is -2.14. The van der Waals surface area contributed by atoms with Crippen molar-refractivity contribution in [3.63, 3.8) is 0 Å². The number of rotatable bonds is 7. The Kier molecular flexibility index (Phi) is 4.99. The zero-order valence-corrected chi connectivity index (χ0v) is 14.3. The second kappa shape index (κ2) is 7.35. The molecule has 0 bridgehead atoms. The van der Waals surface area contributed by atoms with Gasteiger partial charge in [-0.1, -0.05) is 6.07 Å². The van der Waals surface area contributed by atoms with E-state index in [1.54, 1.807) is 33.1 Å². The number of hydrogen-bond acceptors (Lipinski definition) is 8. The minimum Gasteiger partial charge on any atom is -0.497 e. The molecule has 3 rings (SSSR count). The van der Waals surface area contributed by atoms with E-state index in [9.17, 15) is 5.11 Å². The summed E-state index contributed by atoms with van der Waals surface area (Å²) < 4.78 is 16.1. The van der Waals surface area contributed by atoms with Crippen molar-refractivity contribution in [2.24, 2.45) is 0 Å². The summed E-state index contributed by atoms with van der Waals surface area (Å²) in [5.41, 5.74) is 0.971. The van der Waals surface area contributed by atoms with Crippen LogP contribution in [-0.4, -0.2) is 46.4 Å². The van der Waals surface area contributed by atoms with Gasteiger partial charge in [-0.05, 0) is 19.1 Å². The molecule has 0 saturated heterocycles. The third-order valence-electron chi connectivity index (χ3n) is 3.47. The highest BCUT2D eigenvalue weighted by molar-refractivity contribution is 5.81. The van der Waals surface area contributed by atoms with Crippen LogP contribution in [0.15, 0.2) is 28.7 Å². The summed E-state index contributed by atoms with van der Waals surface area (Å²) in [4.78, 5) is 12.8. The van der Waals surface area contributed by atoms with Gasteiger partial charge in [-0.2, -0.15) is 4.98 Å². The Morgan fingerprint density at radius 3 is 2.80 bits per heavy atom. The van der Waals surface area contributed by atoms with Crippen molar-refractivity contribution in [1.82, 2.24) is 15.0 Å². The Labute approximate surface area is 144 Å². The molecule has 1 atom stereocenters. The van der Waals surface area contributed by atoms with E-state index in [-0.39, 0.29) is 13.2 Å². The molecule has 0 unspecified atom stereocenters. The average molecular weight is 344 g/mol. The average Bonchev–Trinajstić information content (AvgIpc) is 2.98. The fraction of sp³-hybridized carbons (Fsp3) is 0.353. The van der Waals surface area contributed by atoms with Gasteiger partial charge in [-0.3, -0.25) is 0 Å². The molecular weight excluding hydrogens is 324 g/mol. The van der Waals surface area contributed by atoms with Gasteiger partial charge in [0.2, 0.25) is 0 Å². The Balaban J connectivity index is 1.59. The molecule has 3 aromatic rings. The lowest BCUT2D eigenvalue weighted by atomic mass is 10.3. The van der Waals surface area contributed by atoms with E-state index in [4.69, 9.17) is 13.9 Å². The first kappa shape index (κ1) is 17.0. The van der Waals surface area contributed by atoms with Gasteiger partial charge >= 0.3 is 0 Å². The number of aliphatic hydroxyl groups is 1. The van der Waals surface area contributed by atoms with Crippen LogP contribution < -0.4 is 14.8 Å². The van der Waals surface area contributed by atoms with Gasteiger partial charge in [0.25, 0.3) is 5.71 Å². The largest absolute Gasteiger partial charge is 0.497 e. The Bertz CT molecular complexity index is 865. The number of anilines is 1. The topological polar surface area (TPSA) is 103 Å². The number of hydrogen-bond donors (Lipinski definition) is 2. The highest BCUT2D eigenvalue weighted by atomic mass is 16.5. The molecule has 0 amide bonds. The minimum absolute atomic E-state index is 0.130. The van der Waals surface area contributed by atoms with E-state index in [0.29, 0.717) is 40.3 Å². The first-order chi connectivity index (χ1) is 12.0. The quantitative estimate of drug-likeness (QED) is 0.672. The number of fused-ring (bicyclic) bond motifs is 1. The minimum atomic E-state index is -0.732. The molecule has 8 nitrogen and oxygen atoms in total. The third-order valence-corrected chi connectivity index (χ3v) is 3.47. The van der Waals surface area contributed by atoms with Crippen molar-refractivity contribution in [2.75, 3.05) is 25.6 Å². The van der Waals surface area contributed by atoms with Crippen LogP contribution in [0.1, 0.15) is 11.7 Å². The molecule has 0 spiro atoms. The molecule has 0 saturated carbocycles. The van der Waals surface area contributed by atoms with Crippen molar-refractivity contribution in [3.05, 3.63) is 36.0 Å². The van der Waals surface area contributed by atoms with Crippen molar-refractivity contribution < 1.29 is 19.0 Å². The molecule has 2 N–H and O–H groups in total. The predicted octanol–water partition coefficient (Wildman–Crippen LogP) is 2.10. The number of nitrogens with one attached hydrogen (secondary N) is 1. The first-order valence-electron chi connectivity index (χ1n) is 7.85. The van der Waals surface area contributed by atoms with Crippen LogP contribution in [0.5, 0.6) is 11.5 Å². The summed E-state index contributed by atoms with van der Waals surface area (Å²) in [5, 5.41) is 13.2. The van der Waals surface area contributed by atoms with Crippen LogP contribution in [0.3, 0.4) is 0 Å². The Hall–Kier alpha value is -2.87. The molecule has 0 aliphatic heterocycles. The number of aryl methyl sites for hydroxylation is 2. The molecular formula is C17H20N4O4. The summed E-state index contributed by atoms with van der Waals surface area (Å²) in [6, 6.07) is 7.22. The summed E-state index contributed by atoms with van der Waals surface area (Å²) in [6.07, 6.45) is -0.732. The van der Waals surface area contributed by atoms with Gasteiger partial charge in [0.15, 0.2) is 17.2 Å². The Morgan fingerprint density at radius 1 is 1.20 bits per heavy atom. The maximum atomic E-state index is 10.1. The molecule has 25 heavy (non-hydrogen) atoms. The van der Waals surface area contributed by atoms with E-state index in [1.165, 1.54) is 0 Å². The summed E-state index contributed by atoms with van der Waals surface area (Å²) >= 11 is 0. The van der Waals surface area contributed by atoms with Gasteiger partial charge in [0.05, 0.1) is 7.11 Å². The first-order valence-corrected chi connectivity index (χ1v) is 7.85. The van der Waals surface area contributed by atoms with Crippen LogP contribution in [0.25, 0.3) is 11.2 Å². The molecule has 0 radical (unpaired) electrons. The number of aromatic nitrogens is 3. The van der Waals surface area contributed by atoms with E-state index in [2.05, 4.69) is 20.3 Å². The fourth-order valence-corrected chi connectivity index (χ4v) is 2.31. The molecule has 1 aromatic carbocycles. The molecule has 132 valence electrons. The van der Waals surface area contributed by atoms with Gasteiger partial charge in [0, 0.05) is 19.5 Å². The van der Waals surface area contributed by atoms with Crippen LogP contribution in [0.2, 0.25) is 0 Å². The number of benzene rings is 1. The molecule has 8 heteroatoms. The van der Waals surface area contributed by atoms with E-state index in [1.807, 2.05) is 12.1 Å². The maximum absolute atomic E-state index is 10.1. The zero-order chi connectivity index (χ0) is 17.8. The normalized spacial score (nSPS) is 12.2. The van der Waals surface area contributed by atoms with Crippen LogP contribution in [0.4, 0.5) is 5.82 Å². The summed E-state index contributed by atoms with van der Waals surface area (Å²) in [5.74, 6) is 2.93. The lowest BCUT2D eigenvalue weighted by Crippen LogP contribution is -2.26. The highest BCUT2D eigenvalue weighted by Gasteiger charge is 2.13. The van der Waals surface area contributed by atoms with Crippen LogP contribution in [0, 0.1) is 13.8 Å². The number of aliphatic hydroxyl groups excluding tert-OH is 1. The van der Waals surface area contributed by atoms with E-state index in [0.717, 1.165) is 0 Å².